The van der Waals surface area contributed by atoms with Crippen LogP contribution in [0.4, 0.5) is 10.5 Å². The van der Waals surface area contributed by atoms with Gasteiger partial charge in [-0.1, -0.05) is 39.0 Å². The molecule has 19 heavy (non-hydrogen) atoms. The summed E-state index contributed by atoms with van der Waals surface area (Å²) in [5.74, 6) is 0. The molecule has 1 aliphatic rings. The van der Waals surface area contributed by atoms with Crippen molar-refractivity contribution in [3.63, 3.8) is 0 Å². The monoisotopic (exact) mass is 261 g/mol. The Morgan fingerprint density at radius 3 is 2.47 bits per heavy atom. The molecule has 1 saturated heterocycles. The molecule has 2 N–H and O–H groups in total. The summed E-state index contributed by atoms with van der Waals surface area (Å²) in [6.45, 7) is 9.74. The molecule has 1 aromatic carbocycles. The number of hydrogen-bond donors (Lipinski definition) is 2. The number of piperazine rings is 1. The van der Waals surface area contributed by atoms with E-state index in [1.165, 1.54) is 5.56 Å². The Labute approximate surface area is 115 Å². The number of hydrogen-bond acceptors (Lipinski definition) is 2. The SMILES string of the molecule is CC(C)(C)c1ccccc1NC(=O)N1CCNCC1. The lowest BCUT2D eigenvalue weighted by Gasteiger charge is -2.29. The molecule has 1 heterocycles. The Morgan fingerprint density at radius 1 is 1.21 bits per heavy atom. The van der Waals surface area contributed by atoms with E-state index >= 15 is 0 Å². The standard InChI is InChI=1S/C15H23N3O/c1-15(2,3)12-6-4-5-7-13(12)17-14(19)18-10-8-16-9-11-18/h4-7,16H,8-11H2,1-3H3,(H,17,19). The summed E-state index contributed by atoms with van der Waals surface area (Å²) in [4.78, 5) is 14.1. The molecule has 1 aliphatic heterocycles. The number of benzene rings is 1. The molecule has 2 amide bonds. The van der Waals surface area contributed by atoms with Crippen LogP contribution in [0.15, 0.2) is 24.3 Å². The van der Waals surface area contributed by atoms with Gasteiger partial charge in [-0.25, -0.2) is 4.79 Å². The van der Waals surface area contributed by atoms with Crippen LogP contribution >= 0.6 is 0 Å². The summed E-state index contributed by atoms with van der Waals surface area (Å²) >= 11 is 0. The Morgan fingerprint density at radius 2 is 1.84 bits per heavy atom. The topological polar surface area (TPSA) is 44.4 Å². The zero-order valence-corrected chi connectivity index (χ0v) is 12.0. The molecule has 1 fully saturated rings. The molecular weight excluding hydrogens is 238 g/mol. The second kappa shape index (κ2) is 5.61. The summed E-state index contributed by atoms with van der Waals surface area (Å²) in [6.07, 6.45) is 0. The van der Waals surface area contributed by atoms with Crippen LogP contribution in [-0.4, -0.2) is 37.1 Å². The Hall–Kier alpha value is -1.55. The van der Waals surface area contributed by atoms with Gasteiger partial charge in [-0.15, -0.1) is 0 Å². The first-order valence-corrected chi connectivity index (χ1v) is 6.84. The second-order valence-electron chi connectivity index (χ2n) is 5.96. The normalized spacial score (nSPS) is 16.3. The van der Waals surface area contributed by atoms with Crippen LogP contribution in [0.5, 0.6) is 0 Å². The summed E-state index contributed by atoms with van der Waals surface area (Å²) in [5, 5.41) is 6.29. The third-order valence-corrected chi connectivity index (χ3v) is 3.38. The van der Waals surface area contributed by atoms with E-state index in [1.807, 2.05) is 23.1 Å². The van der Waals surface area contributed by atoms with Crippen molar-refractivity contribution in [1.82, 2.24) is 10.2 Å². The lowest BCUT2D eigenvalue weighted by Crippen LogP contribution is -2.48. The summed E-state index contributed by atoms with van der Waals surface area (Å²) in [5.41, 5.74) is 2.10. The number of amides is 2. The summed E-state index contributed by atoms with van der Waals surface area (Å²) < 4.78 is 0. The first-order chi connectivity index (χ1) is 8.98. The Kier molecular flexibility index (Phi) is 4.10. The summed E-state index contributed by atoms with van der Waals surface area (Å²) in [6, 6.07) is 8.02. The van der Waals surface area contributed by atoms with Gasteiger partial charge in [-0.05, 0) is 17.0 Å². The predicted octanol–water partition coefficient (Wildman–Crippen LogP) is 2.42. The number of urea groups is 1. The summed E-state index contributed by atoms with van der Waals surface area (Å²) in [7, 11) is 0. The third kappa shape index (κ3) is 3.47. The van der Waals surface area contributed by atoms with Gasteiger partial charge in [-0.3, -0.25) is 0 Å². The lowest BCUT2D eigenvalue weighted by atomic mass is 9.86. The maximum atomic E-state index is 12.2. The van der Waals surface area contributed by atoms with Gasteiger partial charge in [0.2, 0.25) is 0 Å². The smallest absolute Gasteiger partial charge is 0.321 e. The van der Waals surface area contributed by atoms with E-state index < -0.39 is 0 Å². The highest BCUT2D eigenvalue weighted by molar-refractivity contribution is 5.90. The van der Waals surface area contributed by atoms with Crippen molar-refractivity contribution in [2.45, 2.75) is 26.2 Å². The van der Waals surface area contributed by atoms with Crippen LogP contribution < -0.4 is 10.6 Å². The number of para-hydroxylation sites is 1. The maximum Gasteiger partial charge on any atom is 0.321 e. The van der Waals surface area contributed by atoms with E-state index in [0.717, 1.165) is 31.9 Å². The van der Waals surface area contributed by atoms with Gasteiger partial charge in [0.25, 0.3) is 0 Å². The molecule has 104 valence electrons. The quantitative estimate of drug-likeness (QED) is 0.815. The molecule has 2 rings (SSSR count). The van der Waals surface area contributed by atoms with E-state index in [4.69, 9.17) is 0 Å². The van der Waals surface area contributed by atoms with Crippen LogP contribution in [0.1, 0.15) is 26.3 Å². The second-order valence-corrected chi connectivity index (χ2v) is 5.96. The molecule has 4 heteroatoms. The minimum absolute atomic E-state index is 0.00167. The zero-order valence-electron chi connectivity index (χ0n) is 12.0. The number of nitrogens with zero attached hydrogens (tertiary/aromatic N) is 1. The lowest BCUT2D eigenvalue weighted by molar-refractivity contribution is 0.204. The minimum atomic E-state index is -0.00167. The van der Waals surface area contributed by atoms with E-state index in [0.29, 0.717) is 0 Å². The van der Waals surface area contributed by atoms with Crippen LogP contribution in [0.25, 0.3) is 0 Å². The van der Waals surface area contributed by atoms with Crippen molar-refractivity contribution in [2.75, 3.05) is 31.5 Å². The molecule has 0 saturated carbocycles. The van der Waals surface area contributed by atoms with Crippen molar-refractivity contribution in [3.05, 3.63) is 29.8 Å². The number of rotatable bonds is 1. The van der Waals surface area contributed by atoms with Crippen molar-refractivity contribution >= 4 is 11.7 Å². The molecule has 4 nitrogen and oxygen atoms in total. The molecule has 0 unspecified atom stereocenters. The van der Waals surface area contributed by atoms with E-state index in [2.05, 4.69) is 37.5 Å². The average Bonchev–Trinajstić information content (AvgIpc) is 2.39. The molecule has 0 spiro atoms. The van der Waals surface area contributed by atoms with Gasteiger partial charge in [0.1, 0.15) is 0 Å². The van der Waals surface area contributed by atoms with Gasteiger partial charge < -0.3 is 15.5 Å². The van der Waals surface area contributed by atoms with Crippen LogP contribution in [-0.2, 0) is 5.41 Å². The molecule has 1 aromatic rings. The van der Waals surface area contributed by atoms with Crippen LogP contribution in [0, 0.1) is 0 Å². The van der Waals surface area contributed by atoms with Crippen molar-refractivity contribution in [3.8, 4) is 0 Å². The molecule has 0 aromatic heterocycles. The molecule has 0 aliphatic carbocycles. The number of nitrogens with one attached hydrogen (secondary N) is 2. The van der Waals surface area contributed by atoms with Crippen molar-refractivity contribution < 1.29 is 4.79 Å². The Bertz CT molecular complexity index is 445. The highest BCUT2D eigenvalue weighted by Gasteiger charge is 2.21. The predicted molar refractivity (Wildman–Crippen MR) is 78.6 cm³/mol. The first-order valence-electron chi connectivity index (χ1n) is 6.84. The van der Waals surface area contributed by atoms with Gasteiger partial charge in [0.15, 0.2) is 0 Å². The molecule has 0 bridgehead atoms. The number of carbonyl (C=O) groups excluding carboxylic acids is 1. The fraction of sp³-hybridized carbons (Fsp3) is 0.533. The fourth-order valence-electron chi connectivity index (χ4n) is 2.31. The fourth-order valence-corrected chi connectivity index (χ4v) is 2.31. The van der Waals surface area contributed by atoms with Crippen LogP contribution in [0.2, 0.25) is 0 Å². The molecule has 0 atom stereocenters. The first kappa shape index (κ1) is 13.9. The number of anilines is 1. The highest BCUT2D eigenvalue weighted by atomic mass is 16.2. The van der Waals surface area contributed by atoms with Gasteiger partial charge in [0.05, 0.1) is 0 Å². The highest BCUT2D eigenvalue weighted by Crippen LogP contribution is 2.29. The van der Waals surface area contributed by atoms with Gasteiger partial charge >= 0.3 is 6.03 Å². The molecular formula is C15H23N3O. The zero-order chi connectivity index (χ0) is 13.9. The van der Waals surface area contributed by atoms with Crippen LogP contribution in [0.3, 0.4) is 0 Å². The third-order valence-electron chi connectivity index (χ3n) is 3.38. The van der Waals surface area contributed by atoms with E-state index in [1.54, 1.807) is 0 Å². The van der Waals surface area contributed by atoms with E-state index in [-0.39, 0.29) is 11.4 Å². The van der Waals surface area contributed by atoms with Crippen molar-refractivity contribution in [1.29, 1.82) is 0 Å². The average molecular weight is 261 g/mol. The Balaban J connectivity index is 2.12. The maximum absolute atomic E-state index is 12.2. The number of carbonyl (C=O) groups is 1. The van der Waals surface area contributed by atoms with Gasteiger partial charge in [0, 0.05) is 31.9 Å². The van der Waals surface area contributed by atoms with Crippen molar-refractivity contribution in [2.24, 2.45) is 0 Å². The largest absolute Gasteiger partial charge is 0.322 e. The minimum Gasteiger partial charge on any atom is -0.322 e. The van der Waals surface area contributed by atoms with Gasteiger partial charge in [-0.2, -0.15) is 0 Å². The molecule has 0 radical (unpaired) electrons. The van der Waals surface area contributed by atoms with E-state index in [9.17, 15) is 4.79 Å².